The SMILES string of the molecule is CS(=O)(=O)NCC1CCCN(C(=O)c2cc(C(F)(F)F)cc(C(F)(F)F)c2)C1. The second-order valence-electron chi connectivity index (χ2n) is 6.67. The molecule has 0 radical (unpaired) electrons. The number of sulfonamides is 1. The Morgan fingerprint density at radius 1 is 1.11 bits per heavy atom. The topological polar surface area (TPSA) is 66.5 Å². The van der Waals surface area contributed by atoms with Gasteiger partial charge in [-0.1, -0.05) is 0 Å². The summed E-state index contributed by atoms with van der Waals surface area (Å²) >= 11 is 0. The second-order valence-corrected chi connectivity index (χ2v) is 8.51. The zero-order chi connectivity index (χ0) is 21.3. The van der Waals surface area contributed by atoms with Gasteiger partial charge in [-0.05, 0) is 37.0 Å². The summed E-state index contributed by atoms with van der Waals surface area (Å²) in [5.74, 6) is -1.25. The molecule has 1 amide bonds. The first-order chi connectivity index (χ1) is 12.7. The summed E-state index contributed by atoms with van der Waals surface area (Å²) in [7, 11) is -3.46. The standard InChI is InChI=1S/C16H18F6N2O3S/c1-28(26,27)23-8-10-3-2-4-24(9-10)14(25)11-5-12(15(17,18)19)7-13(6-11)16(20,21)22/h5-7,10,23H,2-4,8-9H2,1H3. The highest BCUT2D eigenvalue weighted by atomic mass is 32.2. The number of nitrogens with zero attached hydrogens (tertiary/aromatic N) is 1. The monoisotopic (exact) mass is 432 g/mol. The number of rotatable bonds is 4. The molecule has 0 spiro atoms. The van der Waals surface area contributed by atoms with E-state index in [0.717, 1.165) is 11.2 Å². The van der Waals surface area contributed by atoms with Gasteiger partial charge < -0.3 is 4.90 Å². The molecule has 1 saturated heterocycles. The van der Waals surface area contributed by atoms with Crippen molar-refractivity contribution < 1.29 is 39.6 Å². The summed E-state index contributed by atoms with van der Waals surface area (Å²) in [6.45, 7) is 0.212. The van der Waals surface area contributed by atoms with Crippen molar-refractivity contribution in [2.75, 3.05) is 25.9 Å². The summed E-state index contributed by atoms with van der Waals surface area (Å²) in [6, 6.07) is 0.762. The van der Waals surface area contributed by atoms with E-state index in [1.807, 2.05) is 0 Å². The first-order valence-corrected chi connectivity index (χ1v) is 10.1. The fourth-order valence-corrected chi connectivity index (χ4v) is 3.48. The van der Waals surface area contributed by atoms with Crippen molar-refractivity contribution >= 4 is 15.9 Å². The third-order valence-corrected chi connectivity index (χ3v) is 4.97. The van der Waals surface area contributed by atoms with Crippen LogP contribution in [-0.2, 0) is 22.4 Å². The molecule has 1 aromatic carbocycles. The van der Waals surface area contributed by atoms with E-state index in [4.69, 9.17) is 0 Å². The lowest BCUT2D eigenvalue weighted by molar-refractivity contribution is -0.143. The lowest BCUT2D eigenvalue weighted by atomic mass is 9.97. The van der Waals surface area contributed by atoms with Crippen LogP contribution in [0.4, 0.5) is 26.3 Å². The maximum atomic E-state index is 13.0. The van der Waals surface area contributed by atoms with Gasteiger partial charge in [0.05, 0.1) is 17.4 Å². The molecule has 0 aromatic heterocycles. The van der Waals surface area contributed by atoms with Crippen molar-refractivity contribution in [3.05, 3.63) is 34.9 Å². The van der Waals surface area contributed by atoms with Gasteiger partial charge in [0.2, 0.25) is 10.0 Å². The number of hydrogen-bond donors (Lipinski definition) is 1. The molecule has 2 rings (SSSR count). The van der Waals surface area contributed by atoms with E-state index in [0.29, 0.717) is 25.0 Å². The van der Waals surface area contributed by atoms with Crippen LogP contribution in [0.25, 0.3) is 0 Å². The van der Waals surface area contributed by atoms with Gasteiger partial charge in [0.15, 0.2) is 0 Å². The van der Waals surface area contributed by atoms with E-state index in [1.165, 1.54) is 0 Å². The summed E-state index contributed by atoms with van der Waals surface area (Å²) in [4.78, 5) is 13.7. The number of nitrogens with one attached hydrogen (secondary N) is 1. The summed E-state index contributed by atoms with van der Waals surface area (Å²) in [6.07, 6.45) is -8.10. The first-order valence-electron chi connectivity index (χ1n) is 8.20. The Morgan fingerprint density at radius 2 is 1.64 bits per heavy atom. The summed E-state index contributed by atoms with van der Waals surface area (Å²) in [5, 5.41) is 0. The van der Waals surface area contributed by atoms with Gasteiger partial charge in [0, 0.05) is 25.2 Å². The largest absolute Gasteiger partial charge is 0.416 e. The van der Waals surface area contributed by atoms with Gasteiger partial charge in [-0.15, -0.1) is 0 Å². The number of carbonyl (C=O) groups excluding carboxylic acids is 1. The van der Waals surface area contributed by atoms with Crippen LogP contribution in [0.5, 0.6) is 0 Å². The van der Waals surface area contributed by atoms with Crippen LogP contribution in [-0.4, -0.2) is 45.1 Å². The highest BCUT2D eigenvalue weighted by Crippen LogP contribution is 2.36. The van der Waals surface area contributed by atoms with Crippen LogP contribution in [0.15, 0.2) is 18.2 Å². The molecule has 0 saturated carbocycles. The van der Waals surface area contributed by atoms with Crippen LogP contribution in [0.1, 0.15) is 34.3 Å². The molecule has 1 fully saturated rings. The number of carbonyl (C=O) groups is 1. The van der Waals surface area contributed by atoms with Gasteiger partial charge in [-0.3, -0.25) is 4.79 Å². The quantitative estimate of drug-likeness (QED) is 0.744. The van der Waals surface area contributed by atoms with Gasteiger partial charge in [0.25, 0.3) is 5.91 Å². The Balaban J connectivity index is 2.27. The van der Waals surface area contributed by atoms with E-state index < -0.39 is 45.0 Å². The van der Waals surface area contributed by atoms with Crippen molar-refractivity contribution in [1.29, 1.82) is 0 Å². The molecule has 1 aliphatic rings. The average molecular weight is 432 g/mol. The minimum absolute atomic E-state index is 0.0267. The predicted octanol–water partition coefficient (Wildman–Crippen LogP) is 3.13. The number of piperidine rings is 1. The number of alkyl halides is 6. The molecular weight excluding hydrogens is 414 g/mol. The summed E-state index contributed by atoms with van der Waals surface area (Å²) in [5.41, 5.74) is -3.82. The lowest BCUT2D eigenvalue weighted by Crippen LogP contribution is -2.43. The molecule has 1 N–H and O–H groups in total. The molecule has 0 aliphatic carbocycles. The molecular formula is C16H18F6N2O3S. The molecule has 1 unspecified atom stereocenters. The molecule has 1 heterocycles. The van der Waals surface area contributed by atoms with Crippen LogP contribution in [0.2, 0.25) is 0 Å². The third kappa shape index (κ3) is 6.09. The van der Waals surface area contributed by atoms with E-state index in [1.54, 1.807) is 0 Å². The molecule has 1 atom stereocenters. The van der Waals surface area contributed by atoms with Gasteiger partial charge in [-0.2, -0.15) is 26.3 Å². The molecule has 158 valence electrons. The zero-order valence-corrected chi connectivity index (χ0v) is 15.5. The minimum Gasteiger partial charge on any atom is -0.338 e. The van der Waals surface area contributed by atoms with E-state index in [9.17, 15) is 39.6 Å². The van der Waals surface area contributed by atoms with Crippen LogP contribution >= 0.6 is 0 Å². The van der Waals surface area contributed by atoms with Crippen molar-refractivity contribution in [1.82, 2.24) is 9.62 Å². The van der Waals surface area contributed by atoms with E-state index in [2.05, 4.69) is 4.72 Å². The van der Waals surface area contributed by atoms with E-state index in [-0.39, 0.29) is 31.6 Å². The minimum atomic E-state index is -5.04. The Bertz CT molecular complexity index is 804. The number of halogens is 6. The maximum Gasteiger partial charge on any atom is 0.416 e. The van der Waals surface area contributed by atoms with Crippen LogP contribution in [0.3, 0.4) is 0 Å². The predicted molar refractivity (Wildman–Crippen MR) is 87.9 cm³/mol. The Labute approximate surface area is 157 Å². The van der Waals surface area contributed by atoms with Gasteiger partial charge >= 0.3 is 12.4 Å². The number of benzene rings is 1. The lowest BCUT2D eigenvalue weighted by Gasteiger charge is -2.33. The zero-order valence-electron chi connectivity index (χ0n) is 14.7. The molecule has 1 aromatic rings. The molecule has 28 heavy (non-hydrogen) atoms. The fraction of sp³-hybridized carbons (Fsp3) is 0.562. The van der Waals surface area contributed by atoms with Crippen LogP contribution in [0, 0.1) is 5.92 Å². The number of amides is 1. The van der Waals surface area contributed by atoms with Gasteiger partial charge in [-0.25, -0.2) is 13.1 Å². The Kier molecular flexibility index (Phi) is 6.34. The number of hydrogen-bond acceptors (Lipinski definition) is 3. The molecule has 0 bridgehead atoms. The van der Waals surface area contributed by atoms with Crippen LogP contribution < -0.4 is 4.72 Å². The normalized spacial score (nSPS) is 19.0. The summed E-state index contributed by atoms with van der Waals surface area (Å²) < 4.78 is 102. The van der Waals surface area contributed by atoms with Crippen molar-refractivity contribution in [3.63, 3.8) is 0 Å². The maximum absolute atomic E-state index is 13.0. The van der Waals surface area contributed by atoms with E-state index >= 15 is 0 Å². The first kappa shape index (κ1) is 22.5. The van der Waals surface area contributed by atoms with Crippen molar-refractivity contribution in [3.8, 4) is 0 Å². The fourth-order valence-electron chi connectivity index (χ4n) is 2.95. The number of likely N-dealkylation sites (tertiary alicyclic amines) is 1. The smallest absolute Gasteiger partial charge is 0.338 e. The average Bonchev–Trinajstić information content (AvgIpc) is 2.57. The Hall–Kier alpha value is -1.82. The van der Waals surface area contributed by atoms with Gasteiger partial charge in [0.1, 0.15) is 0 Å². The third-order valence-electron chi connectivity index (χ3n) is 4.28. The highest BCUT2D eigenvalue weighted by Gasteiger charge is 2.38. The molecule has 1 aliphatic heterocycles. The van der Waals surface area contributed by atoms with Crippen molar-refractivity contribution in [2.24, 2.45) is 5.92 Å². The van der Waals surface area contributed by atoms with Crippen molar-refractivity contribution in [2.45, 2.75) is 25.2 Å². The molecule has 5 nitrogen and oxygen atoms in total. The second kappa shape index (κ2) is 7.90. The molecule has 12 heteroatoms. The Morgan fingerprint density at radius 3 is 2.11 bits per heavy atom. The highest BCUT2D eigenvalue weighted by molar-refractivity contribution is 7.88.